The molecule has 3 aliphatic heterocycles. The van der Waals surface area contributed by atoms with E-state index in [1.807, 2.05) is 44.4 Å². The number of anilines is 3. The van der Waals surface area contributed by atoms with Crippen molar-refractivity contribution in [3.8, 4) is 22.8 Å². The zero-order valence-corrected chi connectivity index (χ0v) is 21.8. The number of fused-ring (bicyclic) bond motifs is 2. The summed E-state index contributed by atoms with van der Waals surface area (Å²) in [4.78, 5) is 23.7. The number of hydrogen-bond donors (Lipinski definition) is 3. The second kappa shape index (κ2) is 9.59. The number of nitrogens with zero attached hydrogens (tertiary/aromatic N) is 8. The van der Waals surface area contributed by atoms with E-state index < -0.39 is 0 Å². The quantitative estimate of drug-likeness (QED) is 0.294. The number of rotatable bonds is 7. The van der Waals surface area contributed by atoms with Crippen LogP contribution in [0.2, 0.25) is 0 Å². The normalized spacial score (nSPS) is 18.7. The van der Waals surface area contributed by atoms with E-state index in [4.69, 9.17) is 9.97 Å². The largest absolute Gasteiger partial charge is 0.353 e. The second-order valence-corrected chi connectivity index (χ2v) is 10.3. The van der Waals surface area contributed by atoms with Gasteiger partial charge >= 0.3 is 0 Å². The lowest BCUT2D eigenvalue weighted by Crippen LogP contribution is -2.68. The van der Waals surface area contributed by atoms with Crippen LogP contribution in [-0.2, 0) is 6.54 Å². The Morgan fingerprint density at radius 3 is 2.51 bits per heavy atom. The summed E-state index contributed by atoms with van der Waals surface area (Å²) in [7, 11) is 0. The van der Waals surface area contributed by atoms with Crippen LogP contribution in [0.15, 0.2) is 61.1 Å². The first-order chi connectivity index (χ1) is 19.1. The number of pyridine rings is 2. The van der Waals surface area contributed by atoms with Gasteiger partial charge in [0.05, 0.1) is 11.4 Å². The molecule has 2 bridgehead atoms. The van der Waals surface area contributed by atoms with Crippen LogP contribution in [-0.4, -0.2) is 70.4 Å². The molecular formula is C28H29N11. The van der Waals surface area contributed by atoms with Gasteiger partial charge in [0.25, 0.3) is 0 Å². The van der Waals surface area contributed by atoms with Crippen molar-refractivity contribution < 1.29 is 0 Å². The van der Waals surface area contributed by atoms with E-state index in [-0.39, 0.29) is 0 Å². The Balaban J connectivity index is 0.996. The van der Waals surface area contributed by atoms with E-state index >= 15 is 0 Å². The van der Waals surface area contributed by atoms with Crippen molar-refractivity contribution in [3.05, 3.63) is 78.0 Å². The Labute approximate surface area is 225 Å². The van der Waals surface area contributed by atoms with Gasteiger partial charge in [-0.25, -0.2) is 15.0 Å². The highest BCUT2D eigenvalue weighted by molar-refractivity contribution is 5.61. The minimum Gasteiger partial charge on any atom is -0.353 e. The van der Waals surface area contributed by atoms with Crippen molar-refractivity contribution >= 4 is 17.5 Å². The molecule has 8 heterocycles. The predicted molar refractivity (Wildman–Crippen MR) is 148 cm³/mol. The maximum atomic E-state index is 4.80. The van der Waals surface area contributed by atoms with Crippen LogP contribution >= 0.6 is 0 Å². The molecule has 0 spiro atoms. The molecule has 0 amide bonds. The van der Waals surface area contributed by atoms with Crippen molar-refractivity contribution in [3.63, 3.8) is 0 Å². The van der Waals surface area contributed by atoms with Gasteiger partial charge in [0.2, 0.25) is 0 Å². The second-order valence-electron chi connectivity index (χ2n) is 10.3. The molecule has 3 aliphatic rings. The van der Waals surface area contributed by atoms with Gasteiger partial charge in [-0.3, -0.25) is 20.1 Å². The molecule has 11 heteroatoms. The molecule has 2 atom stereocenters. The number of nitrogens with one attached hydrogen (secondary N) is 3. The van der Waals surface area contributed by atoms with E-state index in [0.717, 1.165) is 59.6 Å². The SMILES string of the molecule is Cc1cc(Nc2cc(C)[nH]n2)nc(-c2ccc(N3CC4CC(C3)N4Cc3ccc(-c4ccn[nH]4)nc3)nc2)n1. The highest BCUT2D eigenvalue weighted by Crippen LogP contribution is 2.35. The number of hydrogen-bond acceptors (Lipinski definition) is 9. The minimum atomic E-state index is 0.525. The van der Waals surface area contributed by atoms with Gasteiger partial charge in [-0.05, 0) is 50.1 Å². The monoisotopic (exact) mass is 519 g/mol. The lowest BCUT2D eigenvalue weighted by molar-refractivity contribution is -0.00874. The average Bonchev–Trinajstić information content (AvgIpc) is 3.64. The summed E-state index contributed by atoms with van der Waals surface area (Å²) in [6, 6.07) is 15.2. The van der Waals surface area contributed by atoms with Crippen molar-refractivity contribution in [2.75, 3.05) is 23.3 Å². The van der Waals surface area contributed by atoms with Crippen LogP contribution in [0.5, 0.6) is 0 Å². The Morgan fingerprint density at radius 2 is 1.82 bits per heavy atom. The topological polar surface area (TPSA) is 127 Å². The number of piperazine rings is 1. The molecule has 0 aliphatic carbocycles. The fourth-order valence-electron chi connectivity index (χ4n) is 5.50. The van der Waals surface area contributed by atoms with Crippen LogP contribution in [0.25, 0.3) is 22.8 Å². The maximum absolute atomic E-state index is 4.80. The number of aryl methyl sites for hydroxylation is 2. The molecule has 0 aromatic carbocycles. The lowest BCUT2D eigenvalue weighted by Gasteiger charge is -2.56. The summed E-state index contributed by atoms with van der Waals surface area (Å²) in [6.45, 7) is 6.79. The molecule has 3 saturated heterocycles. The third kappa shape index (κ3) is 4.72. The van der Waals surface area contributed by atoms with Crippen molar-refractivity contribution in [2.24, 2.45) is 0 Å². The van der Waals surface area contributed by atoms with E-state index in [1.54, 1.807) is 6.20 Å². The molecular weight excluding hydrogens is 490 g/mol. The summed E-state index contributed by atoms with van der Waals surface area (Å²) in [6.07, 6.45) is 6.83. The average molecular weight is 520 g/mol. The number of aromatic nitrogens is 8. The van der Waals surface area contributed by atoms with Gasteiger partial charge in [0, 0.05) is 79.4 Å². The third-order valence-corrected chi connectivity index (χ3v) is 7.46. The zero-order valence-electron chi connectivity index (χ0n) is 21.8. The van der Waals surface area contributed by atoms with Crippen molar-refractivity contribution in [1.82, 2.24) is 45.2 Å². The summed E-state index contributed by atoms with van der Waals surface area (Å²) < 4.78 is 0. The van der Waals surface area contributed by atoms with Gasteiger partial charge in [-0.2, -0.15) is 10.2 Å². The Morgan fingerprint density at radius 1 is 0.923 bits per heavy atom. The Bertz CT molecular complexity index is 1560. The first-order valence-corrected chi connectivity index (χ1v) is 13.1. The summed E-state index contributed by atoms with van der Waals surface area (Å²) >= 11 is 0. The third-order valence-electron chi connectivity index (χ3n) is 7.46. The van der Waals surface area contributed by atoms with Crippen LogP contribution in [0.4, 0.5) is 17.5 Å². The Kier molecular flexibility index (Phi) is 5.77. The highest BCUT2D eigenvalue weighted by Gasteiger charge is 2.44. The molecule has 2 unspecified atom stereocenters. The summed E-state index contributed by atoms with van der Waals surface area (Å²) in [5, 5.41) is 17.4. The van der Waals surface area contributed by atoms with Crippen molar-refractivity contribution in [1.29, 1.82) is 0 Å². The van der Waals surface area contributed by atoms with Crippen molar-refractivity contribution in [2.45, 2.75) is 38.9 Å². The van der Waals surface area contributed by atoms with E-state index in [1.165, 1.54) is 12.0 Å². The molecule has 39 heavy (non-hydrogen) atoms. The van der Waals surface area contributed by atoms with Crippen LogP contribution < -0.4 is 10.2 Å². The number of piperidine rings is 1. The van der Waals surface area contributed by atoms with Gasteiger partial charge in [0.15, 0.2) is 11.6 Å². The number of H-pyrrole nitrogens is 2. The lowest BCUT2D eigenvalue weighted by atomic mass is 9.87. The molecule has 3 fully saturated rings. The molecule has 5 aromatic heterocycles. The van der Waals surface area contributed by atoms with Crippen LogP contribution in [0, 0.1) is 13.8 Å². The molecule has 11 nitrogen and oxygen atoms in total. The number of aromatic amines is 2. The fraction of sp³-hybridized carbons (Fsp3) is 0.286. The summed E-state index contributed by atoms with van der Waals surface area (Å²) in [5.74, 6) is 3.07. The molecule has 8 rings (SSSR count). The predicted octanol–water partition coefficient (Wildman–Crippen LogP) is 3.87. The first kappa shape index (κ1) is 23.5. The van der Waals surface area contributed by atoms with Gasteiger partial charge in [0.1, 0.15) is 11.6 Å². The first-order valence-electron chi connectivity index (χ1n) is 13.1. The summed E-state index contributed by atoms with van der Waals surface area (Å²) in [5.41, 5.74) is 5.83. The molecule has 3 N–H and O–H groups in total. The zero-order chi connectivity index (χ0) is 26.3. The van der Waals surface area contributed by atoms with Crippen LogP contribution in [0.3, 0.4) is 0 Å². The van der Waals surface area contributed by atoms with Gasteiger partial charge in [-0.15, -0.1) is 0 Å². The van der Waals surface area contributed by atoms with Gasteiger partial charge < -0.3 is 10.2 Å². The van der Waals surface area contributed by atoms with E-state index in [2.05, 4.69) is 69.7 Å². The molecule has 196 valence electrons. The maximum Gasteiger partial charge on any atom is 0.163 e. The minimum absolute atomic E-state index is 0.525. The fourth-order valence-corrected chi connectivity index (χ4v) is 5.50. The van der Waals surface area contributed by atoms with Crippen LogP contribution in [0.1, 0.15) is 23.4 Å². The standard InChI is InChI=1S/C28H29N11/c1-17-9-25(33-26-10-18(2)35-37-26)34-28(32-17)20-4-6-27(30-13-20)38-15-21-11-22(16-38)39(21)14-19-3-5-23(29-12-19)24-7-8-31-36-24/h3-10,12-13,21-22H,11,14-16H2,1-2H3,(H,31,36)(H2,32,33,34,35,37). The van der Waals surface area contributed by atoms with Gasteiger partial charge in [-0.1, -0.05) is 6.07 Å². The molecule has 5 aromatic rings. The molecule has 0 saturated carbocycles. The van der Waals surface area contributed by atoms with E-state index in [9.17, 15) is 0 Å². The Hall–Kier alpha value is -4.64. The highest BCUT2D eigenvalue weighted by atomic mass is 15.4. The van der Waals surface area contributed by atoms with E-state index in [0.29, 0.717) is 23.7 Å². The smallest absolute Gasteiger partial charge is 0.163 e. The molecule has 0 radical (unpaired) electrons.